The van der Waals surface area contributed by atoms with Crippen LogP contribution in [0.15, 0.2) is 42.5 Å². The van der Waals surface area contributed by atoms with Crippen molar-refractivity contribution in [3.63, 3.8) is 0 Å². The Morgan fingerprint density at radius 1 is 1.10 bits per heavy atom. The molecule has 0 radical (unpaired) electrons. The fourth-order valence-corrected chi connectivity index (χ4v) is 1.68. The molecule has 1 amide bonds. The Balaban J connectivity index is 1.80. The third-order valence-corrected chi connectivity index (χ3v) is 2.62. The summed E-state index contributed by atoms with van der Waals surface area (Å²) in [5, 5.41) is 2.40. The Hall–Kier alpha value is -2.63. The lowest BCUT2D eigenvalue weighted by Crippen LogP contribution is -2.15. The first-order valence-corrected chi connectivity index (χ1v) is 6.27. The van der Waals surface area contributed by atoms with Gasteiger partial charge in [0.1, 0.15) is 17.4 Å². The first kappa shape index (κ1) is 14.8. The van der Waals surface area contributed by atoms with Gasteiger partial charge in [0.2, 0.25) is 5.91 Å². The van der Waals surface area contributed by atoms with Crippen LogP contribution in [0.25, 0.3) is 0 Å². The molecule has 0 fully saturated rings. The van der Waals surface area contributed by atoms with E-state index in [-0.39, 0.29) is 18.7 Å². The van der Waals surface area contributed by atoms with Gasteiger partial charge in [0.25, 0.3) is 0 Å². The van der Waals surface area contributed by atoms with Crippen molar-refractivity contribution in [1.82, 2.24) is 0 Å². The summed E-state index contributed by atoms with van der Waals surface area (Å²) >= 11 is 0. The van der Waals surface area contributed by atoms with Crippen LogP contribution in [0.1, 0.15) is 6.42 Å². The molecule has 0 aromatic heterocycles. The molecular weight excluding hydrogens is 278 g/mol. The predicted octanol–water partition coefficient (Wildman–Crippen LogP) is 2.95. The molecule has 3 N–H and O–H groups in total. The zero-order valence-corrected chi connectivity index (χ0v) is 11.1. The van der Waals surface area contributed by atoms with Gasteiger partial charge >= 0.3 is 0 Å². The number of nitrogens with two attached hydrogens (primary N) is 1. The molecule has 0 aliphatic heterocycles. The van der Waals surface area contributed by atoms with E-state index in [1.165, 1.54) is 0 Å². The molecule has 0 spiro atoms. The number of anilines is 2. The van der Waals surface area contributed by atoms with E-state index in [0.29, 0.717) is 11.4 Å². The molecule has 0 saturated carbocycles. The van der Waals surface area contributed by atoms with Gasteiger partial charge in [-0.15, -0.1) is 0 Å². The van der Waals surface area contributed by atoms with E-state index in [2.05, 4.69) is 5.32 Å². The number of ether oxygens (including phenoxy) is 1. The maximum atomic E-state index is 13.0. The molecule has 6 heteroatoms. The van der Waals surface area contributed by atoms with E-state index < -0.39 is 17.5 Å². The van der Waals surface area contributed by atoms with Crippen LogP contribution in [-0.4, -0.2) is 12.5 Å². The Morgan fingerprint density at radius 3 is 2.33 bits per heavy atom. The number of rotatable bonds is 5. The van der Waals surface area contributed by atoms with Crippen molar-refractivity contribution in [3.05, 3.63) is 54.1 Å². The van der Waals surface area contributed by atoms with E-state index in [0.717, 1.165) is 18.2 Å². The Bertz CT molecular complexity index is 610. The summed E-state index contributed by atoms with van der Waals surface area (Å²) in [6.45, 7) is 0.146. The normalized spacial score (nSPS) is 10.2. The van der Waals surface area contributed by atoms with E-state index in [1.54, 1.807) is 24.3 Å². The number of benzene rings is 2. The third kappa shape index (κ3) is 4.76. The molecule has 21 heavy (non-hydrogen) atoms. The lowest BCUT2D eigenvalue weighted by Gasteiger charge is -2.08. The lowest BCUT2D eigenvalue weighted by atomic mass is 10.3. The minimum Gasteiger partial charge on any atom is -0.493 e. The first-order chi connectivity index (χ1) is 10.0. The smallest absolute Gasteiger partial charge is 0.227 e. The SMILES string of the molecule is Nc1ccc(OCCC(=O)Nc2cc(F)cc(F)c2)cc1. The van der Waals surface area contributed by atoms with Crippen LogP contribution in [0.2, 0.25) is 0 Å². The Labute approximate surface area is 120 Å². The van der Waals surface area contributed by atoms with Gasteiger partial charge in [0.15, 0.2) is 0 Å². The van der Waals surface area contributed by atoms with Crippen molar-refractivity contribution in [2.45, 2.75) is 6.42 Å². The lowest BCUT2D eigenvalue weighted by molar-refractivity contribution is -0.116. The average Bonchev–Trinajstić information content (AvgIpc) is 2.39. The molecule has 0 unspecified atom stereocenters. The number of halogens is 2. The van der Waals surface area contributed by atoms with Gasteiger partial charge in [-0.2, -0.15) is 0 Å². The van der Waals surface area contributed by atoms with E-state index in [4.69, 9.17) is 10.5 Å². The maximum Gasteiger partial charge on any atom is 0.227 e. The molecule has 110 valence electrons. The molecule has 0 heterocycles. The largest absolute Gasteiger partial charge is 0.493 e. The predicted molar refractivity (Wildman–Crippen MR) is 76.0 cm³/mol. The average molecular weight is 292 g/mol. The van der Waals surface area contributed by atoms with Crippen molar-refractivity contribution in [2.75, 3.05) is 17.7 Å². The van der Waals surface area contributed by atoms with Gasteiger partial charge in [-0.05, 0) is 36.4 Å². The number of amides is 1. The Morgan fingerprint density at radius 2 is 1.71 bits per heavy atom. The molecule has 0 atom stereocenters. The summed E-state index contributed by atoms with van der Waals surface area (Å²) in [5.41, 5.74) is 6.23. The molecule has 4 nitrogen and oxygen atoms in total. The molecule has 0 aliphatic rings. The number of hydrogen-bond acceptors (Lipinski definition) is 3. The zero-order valence-electron chi connectivity index (χ0n) is 11.1. The zero-order chi connectivity index (χ0) is 15.2. The minimum absolute atomic E-state index is 0.0580. The summed E-state index contributed by atoms with van der Waals surface area (Å²) in [7, 11) is 0. The van der Waals surface area contributed by atoms with Crippen LogP contribution in [-0.2, 0) is 4.79 Å². The monoisotopic (exact) mass is 292 g/mol. The van der Waals surface area contributed by atoms with Crippen LogP contribution in [0.4, 0.5) is 20.2 Å². The van der Waals surface area contributed by atoms with E-state index in [1.807, 2.05) is 0 Å². The fourth-order valence-electron chi connectivity index (χ4n) is 1.68. The van der Waals surface area contributed by atoms with Crippen molar-refractivity contribution in [2.24, 2.45) is 0 Å². The summed E-state index contributed by atoms with van der Waals surface area (Å²) in [5.74, 6) is -1.30. The molecule has 0 bridgehead atoms. The van der Waals surface area contributed by atoms with Crippen LogP contribution >= 0.6 is 0 Å². The summed E-state index contributed by atoms with van der Waals surface area (Å²) in [4.78, 5) is 11.6. The third-order valence-electron chi connectivity index (χ3n) is 2.62. The quantitative estimate of drug-likeness (QED) is 0.833. The summed E-state index contributed by atoms with van der Waals surface area (Å²) in [6.07, 6.45) is 0.0580. The molecule has 2 aromatic carbocycles. The van der Waals surface area contributed by atoms with E-state index >= 15 is 0 Å². The highest BCUT2D eigenvalue weighted by Gasteiger charge is 2.06. The number of hydrogen-bond donors (Lipinski definition) is 2. The second-order valence-corrected chi connectivity index (χ2v) is 4.37. The Kier molecular flexibility index (Phi) is 4.71. The molecule has 2 rings (SSSR count). The standard InChI is InChI=1S/C15H14F2N2O2/c16-10-7-11(17)9-13(8-10)19-15(20)5-6-21-14-3-1-12(18)2-4-14/h1-4,7-9H,5-6,18H2,(H,19,20). The van der Waals surface area contributed by atoms with Gasteiger partial charge in [-0.3, -0.25) is 4.79 Å². The van der Waals surface area contributed by atoms with Crippen molar-refractivity contribution >= 4 is 17.3 Å². The van der Waals surface area contributed by atoms with Crippen molar-refractivity contribution in [3.8, 4) is 5.75 Å². The molecular formula is C15H14F2N2O2. The van der Waals surface area contributed by atoms with Gasteiger partial charge < -0.3 is 15.8 Å². The van der Waals surface area contributed by atoms with Gasteiger partial charge in [0, 0.05) is 17.4 Å². The van der Waals surface area contributed by atoms with Gasteiger partial charge in [-0.1, -0.05) is 0 Å². The molecule has 0 aliphatic carbocycles. The van der Waals surface area contributed by atoms with Crippen LogP contribution in [0.3, 0.4) is 0 Å². The van der Waals surface area contributed by atoms with Gasteiger partial charge in [-0.25, -0.2) is 8.78 Å². The number of nitrogen functional groups attached to an aromatic ring is 1. The number of carbonyl (C=O) groups is 1. The van der Waals surface area contributed by atoms with Gasteiger partial charge in [0.05, 0.1) is 13.0 Å². The minimum atomic E-state index is -0.747. The summed E-state index contributed by atoms with van der Waals surface area (Å²) < 4.78 is 31.3. The second-order valence-electron chi connectivity index (χ2n) is 4.37. The van der Waals surface area contributed by atoms with Crippen LogP contribution < -0.4 is 15.8 Å². The second kappa shape index (κ2) is 6.69. The highest BCUT2D eigenvalue weighted by atomic mass is 19.1. The summed E-state index contributed by atoms with van der Waals surface area (Å²) in [6, 6.07) is 9.57. The fraction of sp³-hybridized carbons (Fsp3) is 0.133. The van der Waals surface area contributed by atoms with E-state index in [9.17, 15) is 13.6 Å². The molecule has 0 saturated heterocycles. The van der Waals surface area contributed by atoms with Crippen LogP contribution in [0.5, 0.6) is 5.75 Å². The number of nitrogens with one attached hydrogen (secondary N) is 1. The number of carbonyl (C=O) groups excluding carboxylic acids is 1. The topological polar surface area (TPSA) is 64.3 Å². The highest BCUT2D eigenvalue weighted by Crippen LogP contribution is 2.14. The van der Waals surface area contributed by atoms with Crippen LogP contribution in [0, 0.1) is 11.6 Å². The van der Waals surface area contributed by atoms with Crippen molar-refractivity contribution in [1.29, 1.82) is 0 Å². The molecule has 2 aromatic rings. The first-order valence-electron chi connectivity index (χ1n) is 6.27. The maximum absolute atomic E-state index is 13.0. The van der Waals surface area contributed by atoms with Crippen molar-refractivity contribution < 1.29 is 18.3 Å². The highest BCUT2D eigenvalue weighted by molar-refractivity contribution is 5.90.